The maximum atomic E-state index is 8.92. The predicted molar refractivity (Wildman–Crippen MR) is 45.1 cm³/mol. The molecule has 0 N–H and O–H groups in total. The molecule has 0 aliphatic heterocycles. The zero-order chi connectivity index (χ0) is 9.31. The van der Waals surface area contributed by atoms with Crippen LogP contribution in [-0.4, -0.2) is 17.1 Å². The summed E-state index contributed by atoms with van der Waals surface area (Å²) >= 11 is 0. The van der Waals surface area contributed by atoms with E-state index in [4.69, 9.17) is 10.00 Å². The molecule has 1 aromatic heterocycles. The Morgan fingerprint density at radius 3 is 2.85 bits per heavy atom. The molecule has 1 heterocycles. The van der Waals surface area contributed by atoms with Gasteiger partial charge in [-0.25, -0.2) is 9.97 Å². The van der Waals surface area contributed by atoms with E-state index in [1.807, 2.05) is 0 Å². The van der Waals surface area contributed by atoms with Gasteiger partial charge in [0.15, 0.2) is 0 Å². The van der Waals surface area contributed by atoms with Crippen molar-refractivity contribution in [2.24, 2.45) is 0 Å². The van der Waals surface area contributed by atoms with Crippen molar-refractivity contribution in [2.45, 2.75) is 18.3 Å². The van der Waals surface area contributed by atoms with Crippen LogP contribution in [0.3, 0.4) is 0 Å². The van der Waals surface area contributed by atoms with Crippen LogP contribution in [0.15, 0.2) is 12.4 Å². The summed E-state index contributed by atoms with van der Waals surface area (Å²) in [5, 5.41) is 8.92. The zero-order valence-electron chi connectivity index (χ0n) is 7.32. The van der Waals surface area contributed by atoms with Crippen molar-refractivity contribution in [3.05, 3.63) is 18.1 Å². The van der Waals surface area contributed by atoms with Gasteiger partial charge in [0.05, 0.1) is 24.3 Å². The summed E-state index contributed by atoms with van der Waals surface area (Å²) in [4.78, 5) is 7.97. The van der Waals surface area contributed by atoms with E-state index >= 15 is 0 Å². The second kappa shape index (κ2) is 2.70. The number of hydrogen-bond donors (Lipinski definition) is 0. The van der Waals surface area contributed by atoms with Crippen LogP contribution >= 0.6 is 0 Å². The van der Waals surface area contributed by atoms with Gasteiger partial charge in [0.25, 0.3) is 0 Å². The lowest BCUT2D eigenvalue weighted by Gasteiger charge is -2.05. The third kappa shape index (κ3) is 1.22. The van der Waals surface area contributed by atoms with E-state index in [0.717, 1.165) is 18.5 Å². The van der Waals surface area contributed by atoms with Gasteiger partial charge in [-0.05, 0) is 12.8 Å². The van der Waals surface area contributed by atoms with Gasteiger partial charge in [-0.2, -0.15) is 5.26 Å². The Labute approximate surface area is 76.2 Å². The summed E-state index contributed by atoms with van der Waals surface area (Å²) in [7, 11) is 1.55. The minimum Gasteiger partial charge on any atom is -0.481 e. The summed E-state index contributed by atoms with van der Waals surface area (Å²) in [6.07, 6.45) is 3.22. The van der Waals surface area contributed by atoms with Crippen LogP contribution < -0.4 is 4.74 Å². The lowest BCUT2D eigenvalue weighted by molar-refractivity contribution is 0.395. The Kier molecular flexibility index (Phi) is 1.66. The van der Waals surface area contributed by atoms with E-state index in [0.29, 0.717) is 5.88 Å². The fraction of sp³-hybridized carbons (Fsp3) is 0.444. The van der Waals surface area contributed by atoms with Crippen molar-refractivity contribution in [3.63, 3.8) is 0 Å². The highest BCUT2D eigenvalue weighted by Crippen LogP contribution is 2.46. The molecule has 0 spiro atoms. The number of hydrogen-bond acceptors (Lipinski definition) is 4. The molecule has 1 fully saturated rings. The minimum absolute atomic E-state index is 0.351. The minimum atomic E-state index is -0.351. The molecule has 1 saturated carbocycles. The molecule has 0 saturated heterocycles. The van der Waals surface area contributed by atoms with E-state index in [9.17, 15) is 0 Å². The van der Waals surface area contributed by atoms with Crippen molar-refractivity contribution in [1.29, 1.82) is 5.26 Å². The predicted octanol–water partition coefficient (Wildman–Crippen LogP) is 1.04. The molecule has 0 bridgehead atoms. The summed E-state index contributed by atoms with van der Waals surface area (Å²) in [5.74, 6) is 0.520. The molecule has 1 aliphatic rings. The summed E-state index contributed by atoms with van der Waals surface area (Å²) < 4.78 is 4.96. The summed E-state index contributed by atoms with van der Waals surface area (Å²) in [5.41, 5.74) is 0.429. The molecule has 0 aromatic carbocycles. The topological polar surface area (TPSA) is 58.8 Å². The van der Waals surface area contributed by atoms with Gasteiger partial charge < -0.3 is 4.74 Å². The summed E-state index contributed by atoms with van der Waals surface area (Å²) in [6.45, 7) is 0. The van der Waals surface area contributed by atoms with E-state index < -0.39 is 0 Å². The van der Waals surface area contributed by atoms with Gasteiger partial charge in [-0.3, -0.25) is 0 Å². The molecule has 13 heavy (non-hydrogen) atoms. The van der Waals surface area contributed by atoms with Crippen LogP contribution in [0.5, 0.6) is 5.88 Å². The standard InChI is InChI=1S/C9H9N3O/c1-13-8-4-7(11-6-12-8)9(5-10)2-3-9/h4,6H,2-3H2,1H3. The van der Waals surface area contributed by atoms with Crippen molar-refractivity contribution >= 4 is 0 Å². The number of nitriles is 1. The lowest BCUT2D eigenvalue weighted by Crippen LogP contribution is -2.06. The molecule has 4 heteroatoms. The van der Waals surface area contributed by atoms with Crippen molar-refractivity contribution in [1.82, 2.24) is 9.97 Å². The first-order valence-corrected chi connectivity index (χ1v) is 4.08. The molecular weight excluding hydrogens is 166 g/mol. The van der Waals surface area contributed by atoms with E-state index in [-0.39, 0.29) is 5.41 Å². The van der Waals surface area contributed by atoms with Crippen molar-refractivity contribution in [2.75, 3.05) is 7.11 Å². The Bertz CT molecular complexity index is 365. The van der Waals surface area contributed by atoms with E-state index in [1.54, 1.807) is 13.2 Å². The van der Waals surface area contributed by atoms with Crippen molar-refractivity contribution < 1.29 is 4.74 Å². The fourth-order valence-corrected chi connectivity index (χ4v) is 1.26. The number of rotatable bonds is 2. The molecule has 0 amide bonds. The monoisotopic (exact) mass is 175 g/mol. The van der Waals surface area contributed by atoms with Crippen molar-refractivity contribution in [3.8, 4) is 11.9 Å². The van der Waals surface area contributed by atoms with Gasteiger partial charge in [0.2, 0.25) is 5.88 Å². The number of ether oxygens (including phenoxy) is 1. The number of nitrogens with zero attached hydrogens (tertiary/aromatic N) is 3. The highest BCUT2D eigenvalue weighted by Gasteiger charge is 2.46. The zero-order valence-corrected chi connectivity index (χ0v) is 7.32. The highest BCUT2D eigenvalue weighted by atomic mass is 16.5. The molecule has 0 unspecified atom stereocenters. The van der Waals surface area contributed by atoms with Gasteiger partial charge in [-0.15, -0.1) is 0 Å². The molecule has 1 aliphatic carbocycles. The number of aromatic nitrogens is 2. The van der Waals surface area contributed by atoms with Gasteiger partial charge in [-0.1, -0.05) is 0 Å². The van der Waals surface area contributed by atoms with Gasteiger partial charge in [0.1, 0.15) is 6.33 Å². The quantitative estimate of drug-likeness (QED) is 0.673. The van der Waals surface area contributed by atoms with Crippen LogP contribution in [0.2, 0.25) is 0 Å². The first-order valence-electron chi connectivity index (χ1n) is 4.08. The maximum absolute atomic E-state index is 8.92. The van der Waals surface area contributed by atoms with Gasteiger partial charge >= 0.3 is 0 Å². The van der Waals surface area contributed by atoms with Crippen LogP contribution in [0.4, 0.5) is 0 Å². The smallest absolute Gasteiger partial charge is 0.216 e. The molecule has 1 aromatic rings. The highest BCUT2D eigenvalue weighted by molar-refractivity contribution is 5.35. The van der Waals surface area contributed by atoms with E-state index in [1.165, 1.54) is 6.33 Å². The fourth-order valence-electron chi connectivity index (χ4n) is 1.26. The van der Waals surface area contributed by atoms with E-state index in [2.05, 4.69) is 16.0 Å². The molecule has 0 atom stereocenters. The molecule has 4 nitrogen and oxygen atoms in total. The Hall–Kier alpha value is -1.63. The normalized spacial score (nSPS) is 17.5. The molecule has 66 valence electrons. The SMILES string of the molecule is COc1cc(C2(C#N)CC2)ncn1. The maximum Gasteiger partial charge on any atom is 0.216 e. The lowest BCUT2D eigenvalue weighted by atomic mass is 10.1. The third-order valence-electron chi connectivity index (χ3n) is 2.31. The van der Waals surface area contributed by atoms with Crippen LogP contribution in [0.25, 0.3) is 0 Å². The van der Waals surface area contributed by atoms with Crippen LogP contribution in [-0.2, 0) is 5.41 Å². The molecule has 2 rings (SSSR count). The third-order valence-corrected chi connectivity index (χ3v) is 2.31. The second-order valence-electron chi connectivity index (χ2n) is 3.14. The van der Waals surface area contributed by atoms with Crippen LogP contribution in [0.1, 0.15) is 18.5 Å². The Morgan fingerprint density at radius 1 is 1.54 bits per heavy atom. The Morgan fingerprint density at radius 2 is 2.31 bits per heavy atom. The summed E-state index contributed by atoms with van der Waals surface area (Å²) in [6, 6.07) is 4.01. The largest absolute Gasteiger partial charge is 0.481 e. The second-order valence-corrected chi connectivity index (χ2v) is 3.14. The number of methoxy groups -OCH3 is 1. The molecular formula is C9H9N3O. The molecule has 0 radical (unpaired) electrons. The van der Waals surface area contributed by atoms with Crippen LogP contribution in [0, 0.1) is 11.3 Å². The average Bonchev–Trinajstić information content (AvgIpc) is 2.99. The Balaban J connectivity index is 2.37. The van der Waals surface area contributed by atoms with Gasteiger partial charge in [0, 0.05) is 6.07 Å². The first kappa shape index (κ1) is 7.99. The first-order chi connectivity index (χ1) is 6.30. The average molecular weight is 175 g/mol.